The van der Waals surface area contributed by atoms with E-state index in [4.69, 9.17) is 9.47 Å². The molecule has 2 nitrogen and oxygen atoms in total. The van der Waals surface area contributed by atoms with Crippen LogP contribution in [-0.2, 0) is 13.0 Å². The highest BCUT2D eigenvalue weighted by atomic mass is 16.5. The number of methoxy groups -OCH3 is 1. The van der Waals surface area contributed by atoms with Crippen LogP contribution in [0.15, 0.2) is 42.5 Å². The highest BCUT2D eigenvalue weighted by molar-refractivity contribution is 5.46. The lowest BCUT2D eigenvalue weighted by molar-refractivity contribution is 0.303. The quantitative estimate of drug-likeness (QED) is 0.767. The van der Waals surface area contributed by atoms with Crippen molar-refractivity contribution in [3.8, 4) is 11.5 Å². The Kier molecular flexibility index (Phi) is 5.05. The molecule has 0 atom stereocenters. The van der Waals surface area contributed by atoms with E-state index >= 15 is 0 Å². The maximum absolute atomic E-state index is 5.90. The molecule has 0 saturated heterocycles. The first-order valence-electron chi connectivity index (χ1n) is 7.08. The van der Waals surface area contributed by atoms with Crippen molar-refractivity contribution >= 4 is 0 Å². The topological polar surface area (TPSA) is 18.5 Å². The predicted molar refractivity (Wildman–Crippen MR) is 82.5 cm³/mol. The zero-order valence-electron chi connectivity index (χ0n) is 12.5. The van der Waals surface area contributed by atoms with E-state index in [2.05, 4.69) is 32.0 Å². The summed E-state index contributed by atoms with van der Waals surface area (Å²) in [6, 6.07) is 14.3. The highest BCUT2D eigenvalue weighted by Gasteiger charge is 2.08. The summed E-state index contributed by atoms with van der Waals surface area (Å²) in [6.07, 6.45) is 2.16. The van der Waals surface area contributed by atoms with Gasteiger partial charge in [0.05, 0.1) is 7.11 Å². The number of benzene rings is 2. The Morgan fingerprint density at radius 3 is 2.45 bits per heavy atom. The molecule has 0 N–H and O–H groups in total. The van der Waals surface area contributed by atoms with Gasteiger partial charge in [-0.05, 0) is 36.1 Å². The van der Waals surface area contributed by atoms with Crippen LogP contribution in [0.1, 0.15) is 30.0 Å². The molecule has 0 radical (unpaired) electrons. The van der Waals surface area contributed by atoms with E-state index in [1.165, 1.54) is 16.7 Å². The van der Waals surface area contributed by atoms with Crippen molar-refractivity contribution in [1.82, 2.24) is 0 Å². The number of rotatable bonds is 6. The molecule has 106 valence electrons. The van der Waals surface area contributed by atoms with Gasteiger partial charge in [0, 0.05) is 6.07 Å². The smallest absolute Gasteiger partial charge is 0.125 e. The summed E-state index contributed by atoms with van der Waals surface area (Å²) in [7, 11) is 1.71. The largest absolute Gasteiger partial charge is 0.496 e. The van der Waals surface area contributed by atoms with Crippen LogP contribution in [0.3, 0.4) is 0 Å². The Hall–Kier alpha value is -1.96. The molecule has 0 unspecified atom stereocenters. The summed E-state index contributed by atoms with van der Waals surface area (Å²) < 4.78 is 11.3. The Bertz CT molecular complexity index is 547. The van der Waals surface area contributed by atoms with E-state index in [0.717, 1.165) is 24.3 Å². The van der Waals surface area contributed by atoms with Gasteiger partial charge in [-0.25, -0.2) is 0 Å². The molecule has 0 aliphatic rings. The molecule has 2 rings (SSSR count). The lowest BCUT2D eigenvalue weighted by atomic mass is 10.0. The van der Waals surface area contributed by atoms with Gasteiger partial charge >= 0.3 is 0 Å². The first kappa shape index (κ1) is 14.4. The fourth-order valence-corrected chi connectivity index (χ4v) is 2.28. The van der Waals surface area contributed by atoms with Crippen LogP contribution in [0.4, 0.5) is 0 Å². The Morgan fingerprint density at radius 2 is 1.80 bits per heavy atom. The molecule has 0 fully saturated rings. The van der Waals surface area contributed by atoms with E-state index in [1.807, 2.05) is 24.3 Å². The minimum Gasteiger partial charge on any atom is -0.496 e. The monoisotopic (exact) mass is 270 g/mol. The van der Waals surface area contributed by atoms with Gasteiger partial charge in [-0.3, -0.25) is 0 Å². The Morgan fingerprint density at radius 1 is 1.05 bits per heavy atom. The number of hydrogen-bond donors (Lipinski definition) is 0. The zero-order valence-corrected chi connectivity index (χ0v) is 12.5. The van der Waals surface area contributed by atoms with Crippen LogP contribution in [0.5, 0.6) is 11.5 Å². The lowest BCUT2D eigenvalue weighted by Gasteiger charge is -2.14. The normalized spacial score (nSPS) is 10.3. The zero-order chi connectivity index (χ0) is 14.4. The van der Waals surface area contributed by atoms with Crippen LogP contribution < -0.4 is 9.47 Å². The van der Waals surface area contributed by atoms with Crippen molar-refractivity contribution in [2.45, 2.75) is 33.3 Å². The van der Waals surface area contributed by atoms with Gasteiger partial charge in [0.2, 0.25) is 0 Å². The van der Waals surface area contributed by atoms with Gasteiger partial charge in [0.15, 0.2) is 0 Å². The van der Waals surface area contributed by atoms with Gasteiger partial charge in [-0.2, -0.15) is 0 Å². The molecular weight excluding hydrogens is 248 g/mol. The van der Waals surface area contributed by atoms with Crippen molar-refractivity contribution in [2.75, 3.05) is 7.11 Å². The lowest BCUT2D eigenvalue weighted by Crippen LogP contribution is -1.99. The number of aryl methyl sites for hydroxylation is 1. The van der Waals surface area contributed by atoms with E-state index in [0.29, 0.717) is 6.61 Å². The second-order valence-electron chi connectivity index (χ2n) is 4.93. The van der Waals surface area contributed by atoms with Crippen molar-refractivity contribution in [3.05, 3.63) is 59.2 Å². The summed E-state index contributed by atoms with van der Waals surface area (Å²) in [5.74, 6) is 1.78. The average Bonchev–Trinajstić information content (AvgIpc) is 2.49. The molecule has 2 heteroatoms. The predicted octanol–water partition coefficient (Wildman–Crippen LogP) is 4.54. The van der Waals surface area contributed by atoms with E-state index in [9.17, 15) is 0 Å². The van der Waals surface area contributed by atoms with Crippen LogP contribution >= 0.6 is 0 Å². The van der Waals surface area contributed by atoms with E-state index < -0.39 is 0 Å². The number of hydrogen-bond acceptors (Lipinski definition) is 2. The fourth-order valence-electron chi connectivity index (χ4n) is 2.28. The first-order chi connectivity index (χ1) is 9.74. The van der Waals surface area contributed by atoms with Crippen LogP contribution in [0.2, 0.25) is 0 Å². The highest BCUT2D eigenvalue weighted by Crippen LogP contribution is 2.29. The third-order valence-corrected chi connectivity index (χ3v) is 3.43. The SMILES string of the molecule is CCCc1cc(OCc2ccccc2)cc(OC)c1C. The average molecular weight is 270 g/mol. The maximum atomic E-state index is 5.90. The van der Waals surface area contributed by atoms with Crippen LogP contribution in [0, 0.1) is 6.92 Å². The molecular formula is C18H22O2. The summed E-state index contributed by atoms with van der Waals surface area (Å²) in [5.41, 5.74) is 3.68. The van der Waals surface area contributed by atoms with Crippen molar-refractivity contribution in [2.24, 2.45) is 0 Å². The van der Waals surface area contributed by atoms with Gasteiger partial charge in [0.25, 0.3) is 0 Å². The molecule has 0 aromatic heterocycles. The molecule has 0 bridgehead atoms. The number of ether oxygens (including phenoxy) is 2. The second kappa shape index (κ2) is 6.99. The molecule has 0 aliphatic heterocycles. The van der Waals surface area contributed by atoms with Gasteiger partial charge in [0.1, 0.15) is 18.1 Å². The van der Waals surface area contributed by atoms with Crippen molar-refractivity contribution < 1.29 is 9.47 Å². The Balaban J connectivity index is 2.16. The molecule has 0 spiro atoms. The van der Waals surface area contributed by atoms with Crippen LogP contribution in [0.25, 0.3) is 0 Å². The molecule has 0 aliphatic carbocycles. The van der Waals surface area contributed by atoms with E-state index in [1.54, 1.807) is 7.11 Å². The molecule has 2 aromatic carbocycles. The van der Waals surface area contributed by atoms with Crippen molar-refractivity contribution in [3.63, 3.8) is 0 Å². The molecule has 20 heavy (non-hydrogen) atoms. The Labute approximate surface area is 121 Å². The van der Waals surface area contributed by atoms with Gasteiger partial charge in [-0.1, -0.05) is 43.7 Å². The summed E-state index contributed by atoms with van der Waals surface area (Å²) in [5, 5.41) is 0. The maximum Gasteiger partial charge on any atom is 0.125 e. The van der Waals surface area contributed by atoms with Gasteiger partial charge < -0.3 is 9.47 Å². The molecule has 0 heterocycles. The summed E-state index contributed by atoms with van der Waals surface area (Å²) >= 11 is 0. The molecule has 0 saturated carbocycles. The minimum absolute atomic E-state index is 0.582. The second-order valence-corrected chi connectivity index (χ2v) is 4.93. The minimum atomic E-state index is 0.582. The van der Waals surface area contributed by atoms with Gasteiger partial charge in [-0.15, -0.1) is 0 Å². The third kappa shape index (κ3) is 3.53. The molecule has 2 aromatic rings. The standard InChI is InChI=1S/C18H22O2/c1-4-8-16-11-17(12-18(19-3)14(16)2)20-13-15-9-6-5-7-10-15/h5-7,9-12H,4,8,13H2,1-3H3. The first-order valence-corrected chi connectivity index (χ1v) is 7.08. The summed E-state index contributed by atoms with van der Waals surface area (Å²) in [4.78, 5) is 0. The summed E-state index contributed by atoms with van der Waals surface area (Å²) in [6.45, 7) is 4.87. The molecule has 0 amide bonds. The fraction of sp³-hybridized carbons (Fsp3) is 0.333. The third-order valence-electron chi connectivity index (χ3n) is 3.43. The van der Waals surface area contributed by atoms with Crippen LogP contribution in [-0.4, -0.2) is 7.11 Å². The van der Waals surface area contributed by atoms with Crippen molar-refractivity contribution in [1.29, 1.82) is 0 Å². The van der Waals surface area contributed by atoms with E-state index in [-0.39, 0.29) is 0 Å².